The molecule has 3 rings (SSSR count). The fraction of sp³-hybridized carbons (Fsp3) is 0.682. The van der Waals surface area contributed by atoms with Gasteiger partial charge in [-0.3, -0.25) is 9.59 Å². The number of aromatic nitrogens is 1. The summed E-state index contributed by atoms with van der Waals surface area (Å²) < 4.78 is 30.8. The van der Waals surface area contributed by atoms with Crippen molar-refractivity contribution in [2.45, 2.75) is 70.7 Å². The van der Waals surface area contributed by atoms with Crippen molar-refractivity contribution in [2.75, 3.05) is 12.9 Å². The first-order valence-electron chi connectivity index (χ1n) is 11.0. The van der Waals surface area contributed by atoms with Crippen molar-refractivity contribution < 1.29 is 22.7 Å². The van der Waals surface area contributed by atoms with E-state index in [0.717, 1.165) is 31.4 Å². The van der Waals surface area contributed by atoms with E-state index in [9.17, 15) is 22.8 Å². The molecule has 8 nitrogen and oxygen atoms in total. The number of esters is 1. The number of fused-ring (bicyclic) bond motifs is 1. The van der Waals surface area contributed by atoms with E-state index in [4.69, 9.17) is 4.74 Å². The lowest BCUT2D eigenvalue weighted by Crippen LogP contribution is -2.47. The van der Waals surface area contributed by atoms with E-state index in [1.807, 2.05) is 0 Å². The van der Waals surface area contributed by atoms with E-state index in [-0.39, 0.29) is 29.4 Å². The molecular formula is C22H32N2O6S. The Balaban J connectivity index is 2.01. The predicted octanol–water partition coefficient (Wildman–Crippen LogP) is 1.83. The van der Waals surface area contributed by atoms with Gasteiger partial charge in [-0.1, -0.05) is 33.1 Å². The molecule has 0 bridgehead atoms. The number of ether oxygens (including phenoxy) is 1. The highest BCUT2D eigenvalue weighted by molar-refractivity contribution is 7.90. The molecule has 0 spiro atoms. The van der Waals surface area contributed by atoms with E-state index in [1.165, 1.54) is 19.6 Å². The van der Waals surface area contributed by atoms with Gasteiger partial charge in [-0.2, -0.15) is 0 Å². The second-order valence-electron chi connectivity index (χ2n) is 9.01. The Kier molecular flexibility index (Phi) is 7.24. The van der Waals surface area contributed by atoms with Crippen LogP contribution >= 0.6 is 0 Å². The lowest BCUT2D eigenvalue weighted by molar-refractivity contribution is -0.144. The second-order valence-corrected chi connectivity index (χ2v) is 11.2. The number of sulfone groups is 1. The van der Waals surface area contributed by atoms with E-state index >= 15 is 0 Å². The van der Waals surface area contributed by atoms with E-state index < -0.39 is 33.3 Å². The largest absolute Gasteiger partial charge is 0.467 e. The predicted molar refractivity (Wildman–Crippen MR) is 117 cm³/mol. The number of pyridine rings is 1. The molecule has 1 aliphatic carbocycles. The summed E-state index contributed by atoms with van der Waals surface area (Å²) in [4.78, 5) is 38.4. The Morgan fingerprint density at radius 2 is 1.90 bits per heavy atom. The number of nitrogens with zero attached hydrogens (tertiary/aromatic N) is 1. The maximum Gasteiger partial charge on any atom is 0.328 e. The molecule has 0 aromatic carbocycles. The molecular weight excluding hydrogens is 420 g/mol. The summed E-state index contributed by atoms with van der Waals surface area (Å²) in [7, 11) is -2.04. The van der Waals surface area contributed by atoms with Gasteiger partial charge in [0, 0.05) is 18.7 Å². The first-order valence-corrected chi connectivity index (χ1v) is 12.8. The van der Waals surface area contributed by atoms with Crippen molar-refractivity contribution in [1.82, 2.24) is 9.88 Å². The maximum atomic E-state index is 13.3. The van der Waals surface area contributed by atoms with Crippen LogP contribution in [0.5, 0.6) is 0 Å². The number of methoxy groups -OCH3 is 1. The fourth-order valence-electron chi connectivity index (χ4n) is 4.57. The molecule has 1 atom stereocenters. The standard InChI is InChI=1S/C22H32N2O6S/c1-14(2)19(22(27)30-3)23-20(25)17-11-16-13-31(28,29)10-9-18(16)24(21(17)26)12-15-7-5-4-6-8-15/h11,14-15,19H,4-10,12-13H2,1-3H3,(H,23,25)/t19-/m0/s1. The maximum absolute atomic E-state index is 13.3. The van der Waals surface area contributed by atoms with Gasteiger partial charge in [0.2, 0.25) is 0 Å². The van der Waals surface area contributed by atoms with Gasteiger partial charge in [-0.15, -0.1) is 0 Å². The summed E-state index contributed by atoms with van der Waals surface area (Å²) >= 11 is 0. The zero-order valence-corrected chi connectivity index (χ0v) is 19.3. The summed E-state index contributed by atoms with van der Waals surface area (Å²) in [5.41, 5.74) is 0.677. The summed E-state index contributed by atoms with van der Waals surface area (Å²) in [6.45, 7) is 4.03. The van der Waals surface area contributed by atoms with Crippen LogP contribution in [0.15, 0.2) is 10.9 Å². The van der Waals surface area contributed by atoms with Crippen LogP contribution in [0.1, 0.15) is 67.6 Å². The molecule has 172 valence electrons. The third-order valence-corrected chi connectivity index (χ3v) is 7.91. The number of hydrogen-bond acceptors (Lipinski definition) is 6. The number of carbonyl (C=O) groups is 2. The minimum Gasteiger partial charge on any atom is -0.467 e. The third-order valence-electron chi connectivity index (χ3n) is 6.33. The van der Waals surface area contributed by atoms with Gasteiger partial charge >= 0.3 is 5.97 Å². The molecule has 1 aliphatic heterocycles. The fourth-order valence-corrected chi connectivity index (χ4v) is 5.94. The van der Waals surface area contributed by atoms with Gasteiger partial charge in [0.05, 0.1) is 18.6 Å². The van der Waals surface area contributed by atoms with Gasteiger partial charge in [-0.05, 0) is 36.3 Å². The summed E-state index contributed by atoms with van der Waals surface area (Å²) in [5, 5.41) is 2.61. The topological polar surface area (TPSA) is 112 Å². The zero-order valence-electron chi connectivity index (χ0n) is 18.5. The quantitative estimate of drug-likeness (QED) is 0.659. The molecule has 1 saturated carbocycles. The Morgan fingerprint density at radius 3 is 2.52 bits per heavy atom. The first-order chi connectivity index (χ1) is 14.6. The van der Waals surface area contributed by atoms with Crippen LogP contribution in [0.2, 0.25) is 0 Å². The van der Waals surface area contributed by atoms with Gasteiger partial charge in [0.25, 0.3) is 11.5 Å². The van der Waals surface area contributed by atoms with Crippen LogP contribution in [0.4, 0.5) is 0 Å². The summed E-state index contributed by atoms with van der Waals surface area (Å²) in [6, 6.07) is 0.499. The number of amides is 1. The average molecular weight is 453 g/mol. The lowest BCUT2D eigenvalue weighted by Gasteiger charge is -2.27. The molecule has 2 heterocycles. The zero-order chi connectivity index (χ0) is 22.8. The van der Waals surface area contributed by atoms with E-state index in [1.54, 1.807) is 18.4 Å². The number of hydrogen-bond donors (Lipinski definition) is 1. The van der Waals surface area contributed by atoms with Crippen LogP contribution in [0.3, 0.4) is 0 Å². The highest BCUT2D eigenvalue weighted by Crippen LogP contribution is 2.27. The van der Waals surface area contributed by atoms with Crippen molar-refractivity contribution in [1.29, 1.82) is 0 Å². The van der Waals surface area contributed by atoms with E-state index in [0.29, 0.717) is 18.0 Å². The van der Waals surface area contributed by atoms with Crippen molar-refractivity contribution in [3.63, 3.8) is 0 Å². The third kappa shape index (κ3) is 5.37. The molecule has 2 aliphatic rings. The molecule has 1 aromatic rings. The van der Waals surface area contributed by atoms with Crippen LogP contribution in [-0.4, -0.2) is 43.8 Å². The van der Waals surface area contributed by atoms with Crippen LogP contribution < -0.4 is 10.9 Å². The molecule has 1 fully saturated rings. The molecule has 31 heavy (non-hydrogen) atoms. The number of nitrogens with one attached hydrogen (secondary N) is 1. The SMILES string of the molecule is COC(=O)[C@@H](NC(=O)c1cc2c(n(CC3CCCCC3)c1=O)CCS(=O)(=O)C2)C(C)C. The Hall–Kier alpha value is -2.16. The summed E-state index contributed by atoms with van der Waals surface area (Å²) in [6.07, 6.45) is 5.74. The highest BCUT2D eigenvalue weighted by atomic mass is 32.2. The minimum absolute atomic E-state index is 0.00736. The first kappa shape index (κ1) is 23.5. The van der Waals surface area contributed by atoms with Crippen LogP contribution in [0.25, 0.3) is 0 Å². The normalized spacial score (nSPS) is 19.5. The number of rotatable bonds is 6. The Morgan fingerprint density at radius 1 is 1.23 bits per heavy atom. The minimum atomic E-state index is -3.28. The van der Waals surface area contributed by atoms with Crippen molar-refractivity contribution in [3.05, 3.63) is 33.2 Å². The van der Waals surface area contributed by atoms with Gasteiger partial charge in [0.1, 0.15) is 11.6 Å². The van der Waals surface area contributed by atoms with Crippen LogP contribution in [0, 0.1) is 11.8 Å². The molecule has 0 unspecified atom stereocenters. The lowest BCUT2D eigenvalue weighted by atomic mass is 9.89. The van der Waals surface area contributed by atoms with Crippen molar-refractivity contribution in [2.24, 2.45) is 11.8 Å². The molecule has 1 amide bonds. The molecule has 0 radical (unpaired) electrons. The van der Waals surface area contributed by atoms with Gasteiger partial charge in [0.15, 0.2) is 9.84 Å². The molecule has 1 N–H and O–H groups in total. The van der Waals surface area contributed by atoms with Crippen molar-refractivity contribution in [3.8, 4) is 0 Å². The molecule has 0 saturated heterocycles. The molecule has 1 aromatic heterocycles. The Bertz CT molecular complexity index is 1010. The van der Waals surface area contributed by atoms with Crippen molar-refractivity contribution >= 4 is 21.7 Å². The monoisotopic (exact) mass is 452 g/mol. The number of carbonyl (C=O) groups excluding carboxylic acids is 2. The summed E-state index contributed by atoms with van der Waals surface area (Å²) in [5.74, 6) is -1.35. The molecule has 9 heteroatoms. The van der Waals surface area contributed by atoms with Gasteiger partial charge in [-0.25, -0.2) is 13.2 Å². The Labute approximate surface area is 183 Å². The van der Waals surface area contributed by atoms with E-state index in [2.05, 4.69) is 5.32 Å². The van der Waals surface area contributed by atoms with Crippen LogP contribution in [-0.2, 0) is 38.1 Å². The second kappa shape index (κ2) is 9.54. The highest BCUT2D eigenvalue weighted by Gasteiger charge is 2.31. The van der Waals surface area contributed by atoms with Gasteiger partial charge < -0.3 is 14.6 Å². The smallest absolute Gasteiger partial charge is 0.328 e. The average Bonchev–Trinajstić information content (AvgIpc) is 2.73.